The number of aryl methyl sites for hydroxylation is 1. The molecule has 1 aromatic rings. The lowest BCUT2D eigenvalue weighted by atomic mass is 10.1. The van der Waals surface area contributed by atoms with Crippen molar-refractivity contribution in [3.05, 3.63) is 33.5 Å². The first-order chi connectivity index (χ1) is 7.57. The maximum atomic E-state index is 13.5. The normalized spacial score (nSPS) is 10.2. The van der Waals surface area contributed by atoms with Gasteiger partial charge in [0.1, 0.15) is 5.82 Å². The number of nitrogens with one attached hydrogen (secondary N) is 1. The molecule has 3 nitrogen and oxygen atoms in total. The number of rotatable bonds is 4. The van der Waals surface area contributed by atoms with E-state index in [-0.39, 0.29) is 5.56 Å². The van der Waals surface area contributed by atoms with Crippen molar-refractivity contribution in [2.24, 2.45) is 0 Å². The number of halogens is 2. The van der Waals surface area contributed by atoms with Gasteiger partial charge >= 0.3 is 0 Å². The number of carbonyl (C=O) groups is 1. The van der Waals surface area contributed by atoms with E-state index in [1.54, 1.807) is 13.0 Å². The average molecular weight is 290 g/mol. The molecule has 0 bridgehead atoms. The van der Waals surface area contributed by atoms with Crippen molar-refractivity contribution in [1.82, 2.24) is 5.32 Å². The molecular weight excluding hydrogens is 277 g/mol. The molecule has 0 saturated carbocycles. The standard InChI is InChI=1S/C11H13BrFNO2/c1-7-3-4-8(13)9(10(7)12)11(15)14-5-6-16-2/h3-4H,5-6H2,1-2H3,(H,14,15). The van der Waals surface area contributed by atoms with E-state index in [1.807, 2.05) is 0 Å². The molecule has 0 aliphatic carbocycles. The van der Waals surface area contributed by atoms with Crippen molar-refractivity contribution < 1.29 is 13.9 Å². The molecule has 0 atom stereocenters. The maximum absolute atomic E-state index is 13.5. The molecule has 1 rings (SSSR count). The van der Waals surface area contributed by atoms with Crippen molar-refractivity contribution in [3.8, 4) is 0 Å². The highest BCUT2D eigenvalue weighted by atomic mass is 79.9. The number of amides is 1. The van der Waals surface area contributed by atoms with Crippen molar-refractivity contribution >= 4 is 21.8 Å². The summed E-state index contributed by atoms with van der Waals surface area (Å²) in [5.74, 6) is -0.975. The summed E-state index contributed by atoms with van der Waals surface area (Å²) in [5, 5.41) is 2.57. The molecule has 1 N–H and O–H groups in total. The molecule has 0 unspecified atom stereocenters. The molecule has 0 fully saturated rings. The van der Waals surface area contributed by atoms with Crippen LogP contribution in [0.2, 0.25) is 0 Å². The summed E-state index contributed by atoms with van der Waals surface area (Å²) >= 11 is 3.21. The van der Waals surface area contributed by atoms with Gasteiger partial charge in [-0.2, -0.15) is 0 Å². The predicted octanol–water partition coefficient (Wildman–Crippen LogP) is 2.27. The monoisotopic (exact) mass is 289 g/mol. The van der Waals surface area contributed by atoms with Gasteiger partial charge in [-0.1, -0.05) is 6.07 Å². The van der Waals surface area contributed by atoms with Crippen LogP contribution in [0.4, 0.5) is 4.39 Å². The molecule has 16 heavy (non-hydrogen) atoms. The van der Waals surface area contributed by atoms with Crippen LogP contribution in [-0.2, 0) is 4.74 Å². The van der Waals surface area contributed by atoms with Crippen molar-refractivity contribution in [2.45, 2.75) is 6.92 Å². The van der Waals surface area contributed by atoms with Gasteiger partial charge in [0.05, 0.1) is 12.2 Å². The molecule has 0 saturated heterocycles. The largest absolute Gasteiger partial charge is 0.383 e. The first-order valence-electron chi connectivity index (χ1n) is 4.79. The molecule has 5 heteroatoms. The van der Waals surface area contributed by atoms with Gasteiger partial charge in [-0.15, -0.1) is 0 Å². The van der Waals surface area contributed by atoms with Gasteiger partial charge in [0, 0.05) is 18.1 Å². The predicted molar refractivity (Wildman–Crippen MR) is 63.0 cm³/mol. The maximum Gasteiger partial charge on any atom is 0.255 e. The zero-order valence-corrected chi connectivity index (χ0v) is 10.7. The Bertz CT molecular complexity index is 396. The molecule has 0 aliphatic rings. The fraction of sp³-hybridized carbons (Fsp3) is 0.364. The molecule has 0 aliphatic heterocycles. The number of carbonyl (C=O) groups excluding carboxylic acids is 1. The third-order valence-corrected chi connectivity index (χ3v) is 3.12. The van der Waals surface area contributed by atoms with Crippen LogP contribution in [0, 0.1) is 12.7 Å². The summed E-state index contributed by atoms with van der Waals surface area (Å²) in [6, 6.07) is 2.90. The van der Waals surface area contributed by atoms with Gasteiger partial charge in [0.2, 0.25) is 0 Å². The zero-order chi connectivity index (χ0) is 12.1. The number of methoxy groups -OCH3 is 1. The lowest BCUT2D eigenvalue weighted by Crippen LogP contribution is -2.28. The molecule has 1 aromatic carbocycles. The second-order valence-corrected chi connectivity index (χ2v) is 4.09. The second kappa shape index (κ2) is 5.96. The van der Waals surface area contributed by atoms with Gasteiger partial charge in [0.15, 0.2) is 0 Å². The van der Waals surface area contributed by atoms with Gasteiger partial charge in [0.25, 0.3) is 5.91 Å². The van der Waals surface area contributed by atoms with E-state index in [0.717, 1.165) is 5.56 Å². The summed E-state index contributed by atoms with van der Waals surface area (Å²) in [6.45, 7) is 2.56. The summed E-state index contributed by atoms with van der Waals surface area (Å²) in [7, 11) is 1.54. The van der Waals surface area contributed by atoms with E-state index >= 15 is 0 Å². The highest BCUT2D eigenvalue weighted by Gasteiger charge is 2.16. The third-order valence-electron chi connectivity index (χ3n) is 2.10. The number of ether oxygens (including phenoxy) is 1. The minimum absolute atomic E-state index is 0.0381. The Morgan fingerprint density at radius 1 is 1.56 bits per heavy atom. The van der Waals surface area contributed by atoms with Crippen molar-refractivity contribution in [2.75, 3.05) is 20.3 Å². The fourth-order valence-corrected chi connectivity index (χ4v) is 1.72. The molecule has 0 heterocycles. The Hall–Kier alpha value is -0.940. The van der Waals surface area contributed by atoms with E-state index in [2.05, 4.69) is 21.2 Å². The first-order valence-corrected chi connectivity index (χ1v) is 5.59. The highest BCUT2D eigenvalue weighted by molar-refractivity contribution is 9.10. The zero-order valence-electron chi connectivity index (χ0n) is 9.14. The van der Waals surface area contributed by atoms with E-state index < -0.39 is 11.7 Å². The third kappa shape index (κ3) is 3.02. The van der Waals surface area contributed by atoms with Crippen LogP contribution in [-0.4, -0.2) is 26.2 Å². The van der Waals surface area contributed by atoms with E-state index in [0.29, 0.717) is 17.6 Å². The molecule has 0 spiro atoms. The quantitative estimate of drug-likeness (QED) is 0.864. The minimum Gasteiger partial charge on any atom is -0.383 e. The summed E-state index contributed by atoms with van der Waals surface area (Å²) < 4.78 is 18.7. The summed E-state index contributed by atoms with van der Waals surface area (Å²) in [6.07, 6.45) is 0. The average Bonchev–Trinajstić information content (AvgIpc) is 2.24. The number of hydrogen-bond donors (Lipinski definition) is 1. The molecule has 0 aromatic heterocycles. The van der Waals surface area contributed by atoms with Crippen LogP contribution in [0.1, 0.15) is 15.9 Å². The lowest BCUT2D eigenvalue weighted by Gasteiger charge is -2.09. The van der Waals surface area contributed by atoms with Gasteiger partial charge in [-0.05, 0) is 34.5 Å². The van der Waals surface area contributed by atoms with Crippen LogP contribution < -0.4 is 5.32 Å². The van der Waals surface area contributed by atoms with E-state index in [9.17, 15) is 9.18 Å². The Labute approximate surface area is 102 Å². The fourth-order valence-electron chi connectivity index (χ4n) is 1.22. The molecule has 0 radical (unpaired) electrons. The van der Waals surface area contributed by atoms with Gasteiger partial charge < -0.3 is 10.1 Å². The number of hydrogen-bond acceptors (Lipinski definition) is 2. The van der Waals surface area contributed by atoms with E-state index in [1.165, 1.54) is 13.2 Å². The van der Waals surface area contributed by atoms with Gasteiger partial charge in [-0.3, -0.25) is 4.79 Å². The minimum atomic E-state index is -0.535. The van der Waals surface area contributed by atoms with Crippen LogP contribution in [0.15, 0.2) is 16.6 Å². The number of benzene rings is 1. The summed E-state index contributed by atoms with van der Waals surface area (Å²) in [4.78, 5) is 11.7. The van der Waals surface area contributed by atoms with E-state index in [4.69, 9.17) is 4.74 Å². The Balaban J connectivity index is 2.86. The SMILES string of the molecule is COCCNC(=O)c1c(F)ccc(C)c1Br. The van der Waals surface area contributed by atoms with Gasteiger partial charge in [-0.25, -0.2) is 4.39 Å². The first kappa shape index (κ1) is 13.1. The lowest BCUT2D eigenvalue weighted by molar-refractivity contribution is 0.0932. The van der Waals surface area contributed by atoms with Crippen LogP contribution in [0.5, 0.6) is 0 Å². The van der Waals surface area contributed by atoms with Crippen LogP contribution >= 0.6 is 15.9 Å². The Morgan fingerprint density at radius 2 is 2.25 bits per heavy atom. The van der Waals surface area contributed by atoms with Crippen LogP contribution in [0.25, 0.3) is 0 Å². The Morgan fingerprint density at radius 3 is 2.88 bits per heavy atom. The second-order valence-electron chi connectivity index (χ2n) is 3.30. The molecule has 1 amide bonds. The Kier molecular flexibility index (Phi) is 4.89. The summed E-state index contributed by atoms with van der Waals surface area (Å²) in [5.41, 5.74) is 0.856. The molecule has 88 valence electrons. The van der Waals surface area contributed by atoms with Crippen molar-refractivity contribution in [3.63, 3.8) is 0 Å². The molecular formula is C11H13BrFNO2. The van der Waals surface area contributed by atoms with Crippen LogP contribution in [0.3, 0.4) is 0 Å². The van der Waals surface area contributed by atoms with Crippen molar-refractivity contribution in [1.29, 1.82) is 0 Å². The smallest absolute Gasteiger partial charge is 0.255 e. The topological polar surface area (TPSA) is 38.3 Å². The highest BCUT2D eigenvalue weighted by Crippen LogP contribution is 2.23.